The third-order valence-corrected chi connectivity index (χ3v) is 15.5. The number of anilines is 1. The number of likely N-dealkylation sites (tertiary alicyclic amines) is 3. The monoisotopic (exact) mass is 793 g/mol. The topological polar surface area (TPSA) is 103 Å². The van der Waals surface area contributed by atoms with Gasteiger partial charge in [-0.15, -0.1) is 0 Å². The zero-order valence-corrected chi connectivity index (χ0v) is 33.7. The molecule has 304 valence electrons. The van der Waals surface area contributed by atoms with E-state index in [2.05, 4.69) is 33.0 Å². The van der Waals surface area contributed by atoms with Gasteiger partial charge in [-0.25, -0.2) is 22.0 Å². The summed E-state index contributed by atoms with van der Waals surface area (Å²) in [4.78, 5) is 33.4. The second-order valence-corrected chi connectivity index (χ2v) is 19.0. The van der Waals surface area contributed by atoms with Gasteiger partial charge in [0.2, 0.25) is 0 Å². The molecule has 56 heavy (non-hydrogen) atoms. The second-order valence-electron chi connectivity index (χ2n) is 16.8. The number of piperidine rings is 1. The number of hydrogen-bond acceptors (Lipinski definition) is 8. The van der Waals surface area contributed by atoms with E-state index in [0.717, 1.165) is 95.3 Å². The van der Waals surface area contributed by atoms with Crippen molar-refractivity contribution in [3.05, 3.63) is 59.9 Å². The van der Waals surface area contributed by atoms with Gasteiger partial charge in [0.15, 0.2) is 15.5 Å². The molecule has 4 aliphatic heterocycles. The molecule has 0 radical (unpaired) electrons. The van der Waals surface area contributed by atoms with Crippen LogP contribution in [0, 0.1) is 29.5 Å². The zero-order chi connectivity index (χ0) is 39.5. The van der Waals surface area contributed by atoms with Crippen LogP contribution in [0.5, 0.6) is 0 Å². The summed E-state index contributed by atoms with van der Waals surface area (Å²) in [6.07, 6.45) is 7.12. The Bertz CT molecular complexity index is 1890. The van der Waals surface area contributed by atoms with Crippen LogP contribution in [0.1, 0.15) is 70.3 Å². The van der Waals surface area contributed by atoms with Gasteiger partial charge in [-0.1, -0.05) is 30.9 Å². The first-order valence-electron chi connectivity index (χ1n) is 20.5. The molecule has 2 aromatic carbocycles. The molecule has 5 aliphatic rings. The van der Waals surface area contributed by atoms with Gasteiger partial charge in [0.25, 0.3) is 5.91 Å². The molecule has 0 spiro atoms. The number of sulfone groups is 1. The summed E-state index contributed by atoms with van der Waals surface area (Å²) in [5.41, 5.74) is 0.000825. The highest BCUT2D eigenvalue weighted by Crippen LogP contribution is 2.51. The van der Waals surface area contributed by atoms with Crippen LogP contribution < -0.4 is 10.2 Å². The SMILES string of the molecule is CC#CC(=O)N1CCCC[C@@H](S(=O)(=O)c2ccc(N3CC(F)(CN4CCC([C@@](CN5CCC5)(c5cccc(F)c5)[C@H]5CCC[C@@H]5NC(=O)OC)CC4)C3)cc2)C1. The molecule has 1 N–H and O–H groups in total. The van der Waals surface area contributed by atoms with Gasteiger partial charge in [0.1, 0.15) is 5.82 Å². The number of rotatable bonds is 11. The molecular weight excluding hydrogens is 737 g/mol. The third kappa shape index (κ3) is 8.44. The van der Waals surface area contributed by atoms with E-state index < -0.39 is 26.8 Å². The molecule has 2 aromatic rings. The summed E-state index contributed by atoms with van der Waals surface area (Å²) in [6, 6.07) is 13.7. The number of amides is 2. The number of carbonyl (C=O) groups excluding carboxylic acids is 2. The van der Waals surface area contributed by atoms with E-state index in [0.29, 0.717) is 19.5 Å². The van der Waals surface area contributed by atoms with Crippen molar-refractivity contribution in [3.8, 4) is 11.8 Å². The maximum Gasteiger partial charge on any atom is 0.407 e. The Hall–Kier alpha value is -3.73. The fourth-order valence-corrected chi connectivity index (χ4v) is 12.2. The van der Waals surface area contributed by atoms with E-state index in [-0.39, 0.29) is 59.5 Å². The summed E-state index contributed by atoms with van der Waals surface area (Å²) in [6.45, 7) is 7.28. The Kier molecular flexibility index (Phi) is 12.3. The highest BCUT2D eigenvalue weighted by atomic mass is 32.2. The summed E-state index contributed by atoms with van der Waals surface area (Å²) in [5.74, 6) is 4.90. The van der Waals surface area contributed by atoms with E-state index in [1.807, 2.05) is 11.0 Å². The first-order chi connectivity index (χ1) is 26.9. The van der Waals surface area contributed by atoms with Crippen molar-refractivity contribution in [2.24, 2.45) is 11.8 Å². The molecular formula is C43H57F2N5O5S. The van der Waals surface area contributed by atoms with Crippen molar-refractivity contribution < 1.29 is 31.5 Å². The molecule has 4 heterocycles. The standard InChI is InChI=1S/C43H57F2N5O5S/c1-3-9-40(51)49-23-5-4-12-37(27-49)56(53,54)36-17-15-35(16-18-36)50-29-42(45,30-50)28-48-24-19-32(20-25-48)43(31-47-21-8-22-47,33-10-6-11-34(44)26-33)38-13-7-14-39(38)46-41(52)55-2/h6,10-11,15-18,26,32,37-39H,4-5,7-8,12-14,19-25,27-31H2,1-2H3,(H,46,52)/t37-,38+,39+,43+/m1/s1. The molecule has 13 heteroatoms. The lowest BCUT2D eigenvalue weighted by Gasteiger charge is -2.54. The Balaban J connectivity index is 0.999. The van der Waals surface area contributed by atoms with Crippen molar-refractivity contribution in [2.45, 2.75) is 92.0 Å². The Morgan fingerprint density at radius 2 is 1.68 bits per heavy atom. The molecule has 0 unspecified atom stereocenters. The van der Waals surface area contributed by atoms with E-state index in [1.165, 1.54) is 13.2 Å². The first kappa shape index (κ1) is 40.5. The molecule has 5 fully saturated rings. The van der Waals surface area contributed by atoms with Gasteiger partial charge in [0.05, 0.1) is 30.3 Å². The number of alkyl halides is 1. The molecule has 1 saturated carbocycles. The number of alkyl carbamates (subject to hydrolysis) is 1. The highest BCUT2D eigenvalue weighted by Gasteiger charge is 2.54. The zero-order valence-electron chi connectivity index (χ0n) is 32.9. The van der Waals surface area contributed by atoms with Crippen LogP contribution in [-0.2, 0) is 24.8 Å². The van der Waals surface area contributed by atoms with Crippen LogP contribution in [0.15, 0.2) is 53.4 Å². The second kappa shape index (κ2) is 17.0. The minimum atomic E-state index is -3.68. The molecule has 4 saturated heterocycles. The van der Waals surface area contributed by atoms with Crippen LogP contribution in [-0.4, -0.2) is 125 Å². The number of halogens is 2. The predicted molar refractivity (Wildman–Crippen MR) is 212 cm³/mol. The molecule has 2 amide bonds. The molecule has 4 atom stereocenters. The molecule has 10 nitrogen and oxygen atoms in total. The summed E-state index contributed by atoms with van der Waals surface area (Å²) in [7, 11) is -2.29. The van der Waals surface area contributed by atoms with Crippen molar-refractivity contribution in [2.75, 3.05) is 77.5 Å². The number of ether oxygens (including phenoxy) is 1. The van der Waals surface area contributed by atoms with Gasteiger partial charge < -0.3 is 24.8 Å². The fraction of sp³-hybridized carbons (Fsp3) is 0.628. The van der Waals surface area contributed by atoms with Crippen LogP contribution in [0.4, 0.5) is 19.3 Å². The normalized spacial score (nSPS) is 25.8. The number of nitrogens with zero attached hydrogens (tertiary/aromatic N) is 4. The van der Waals surface area contributed by atoms with Crippen LogP contribution in [0.3, 0.4) is 0 Å². The Morgan fingerprint density at radius 1 is 0.929 bits per heavy atom. The number of nitrogens with one attached hydrogen (secondary N) is 1. The van der Waals surface area contributed by atoms with Crippen molar-refractivity contribution in [1.29, 1.82) is 0 Å². The quantitative estimate of drug-likeness (QED) is 0.302. The maximum atomic E-state index is 16.3. The summed E-state index contributed by atoms with van der Waals surface area (Å²) in [5, 5.41) is 2.44. The van der Waals surface area contributed by atoms with Gasteiger partial charge in [0, 0.05) is 43.3 Å². The molecule has 7 rings (SSSR count). The average molecular weight is 794 g/mol. The van der Waals surface area contributed by atoms with E-state index in [4.69, 9.17) is 4.74 Å². The van der Waals surface area contributed by atoms with E-state index in [1.54, 1.807) is 42.2 Å². The van der Waals surface area contributed by atoms with E-state index in [9.17, 15) is 18.0 Å². The van der Waals surface area contributed by atoms with Crippen molar-refractivity contribution >= 4 is 27.5 Å². The minimum Gasteiger partial charge on any atom is -0.453 e. The van der Waals surface area contributed by atoms with Gasteiger partial charge in [-0.05, 0) is 138 Å². The highest BCUT2D eigenvalue weighted by molar-refractivity contribution is 7.92. The number of benzene rings is 2. The average Bonchev–Trinajstić information content (AvgIpc) is 3.46. The maximum absolute atomic E-state index is 16.3. The Labute approximate surface area is 331 Å². The Morgan fingerprint density at radius 3 is 2.34 bits per heavy atom. The van der Waals surface area contributed by atoms with Crippen LogP contribution in [0.25, 0.3) is 0 Å². The first-order valence-corrected chi connectivity index (χ1v) is 22.0. The third-order valence-electron chi connectivity index (χ3n) is 13.4. The largest absolute Gasteiger partial charge is 0.453 e. The predicted octanol–water partition coefficient (Wildman–Crippen LogP) is 5.41. The lowest BCUT2D eigenvalue weighted by atomic mass is 9.57. The molecule has 1 aliphatic carbocycles. The van der Waals surface area contributed by atoms with Crippen LogP contribution in [0.2, 0.25) is 0 Å². The number of carbonyl (C=O) groups is 2. The van der Waals surface area contributed by atoms with Gasteiger partial charge >= 0.3 is 6.09 Å². The van der Waals surface area contributed by atoms with Crippen molar-refractivity contribution in [1.82, 2.24) is 20.0 Å². The van der Waals surface area contributed by atoms with Crippen LogP contribution >= 0.6 is 0 Å². The summed E-state index contributed by atoms with van der Waals surface area (Å²) >= 11 is 0. The smallest absolute Gasteiger partial charge is 0.407 e. The minimum absolute atomic E-state index is 0.0759. The fourth-order valence-electron chi connectivity index (χ4n) is 10.4. The lowest BCUT2D eigenvalue weighted by Crippen LogP contribution is -2.65. The van der Waals surface area contributed by atoms with Crippen molar-refractivity contribution in [3.63, 3.8) is 0 Å². The van der Waals surface area contributed by atoms with Gasteiger partial charge in [-0.3, -0.25) is 9.69 Å². The van der Waals surface area contributed by atoms with Gasteiger partial charge in [-0.2, -0.15) is 0 Å². The molecule has 0 bridgehead atoms. The van der Waals surface area contributed by atoms with E-state index >= 15 is 8.78 Å². The number of methoxy groups -OCH3 is 1. The number of hydrogen-bond donors (Lipinski definition) is 1. The summed E-state index contributed by atoms with van der Waals surface area (Å²) < 4.78 is 63.7. The lowest BCUT2D eigenvalue weighted by molar-refractivity contribution is -0.125. The molecule has 0 aromatic heterocycles.